The average Bonchev–Trinajstić information content (AvgIpc) is 2.55. The Bertz CT molecular complexity index is 469. The second-order valence-electron chi connectivity index (χ2n) is 5.96. The zero-order valence-electron chi connectivity index (χ0n) is 13.4. The van der Waals surface area contributed by atoms with Gasteiger partial charge < -0.3 is 20.5 Å². The molecule has 1 aliphatic rings. The standard InChI is InChI=1S/C17H26N2O3/c1-12-3-5-15(6-4-12)22-13(2)11-19-17(20)16(18)14-7-9-21-10-8-14/h3-6,13-14,16H,7-11,18H2,1-2H3,(H,19,20). The lowest BCUT2D eigenvalue weighted by Gasteiger charge is -2.27. The van der Waals surface area contributed by atoms with Gasteiger partial charge in [0.2, 0.25) is 5.91 Å². The number of carbonyl (C=O) groups excluding carboxylic acids is 1. The maximum absolute atomic E-state index is 12.1. The average molecular weight is 306 g/mol. The molecule has 22 heavy (non-hydrogen) atoms. The molecule has 1 fully saturated rings. The summed E-state index contributed by atoms with van der Waals surface area (Å²) in [4.78, 5) is 12.1. The van der Waals surface area contributed by atoms with Gasteiger partial charge in [-0.3, -0.25) is 4.79 Å². The van der Waals surface area contributed by atoms with Gasteiger partial charge >= 0.3 is 0 Å². The van der Waals surface area contributed by atoms with Crippen molar-refractivity contribution >= 4 is 5.91 Å². The number of amides is 1. The van der Waals surface area contributed by atoms with Crippen molar-refractivity contribution in [1.29, 1.82) is 0 Å². The van der Waals surface area contributed by atoms with Crippen LogP contribution in [-0.4, -0.2) is 37.8 Å². The van der Waals surface area contributed by atoms with E-state index in [4.69, 9.17) is 15.2 Å². The lowest BCUT2D eigenvalue weighted by Crippen LogP contribution is -2.48. The molecular formula is C17H26N2O3. The fourth-order valence-electron chi connectivity index (χ4n) is 2.54. The number of aryl methyl sites for hydroxylation is 1. The van der Waals surface area contributed by atoms with Crippen LogP contribution in [0.5, 0.6) is 5.75 Å². The highest BCUT2D eigenvalue weighted by Gasteiger charge is 2.26. The molecule has 1 heterocycles. The monoisotopic (exact) mass is 306 g/mol. The smallest absolute Gasteiger partial charge is 0.237 e. The third-order valence-electron chi connectivity index (χ3n) is 4.00. The van der Waals surface area contributed by atoms with Gasteiger partial charge in [-0.25, -0.2) is 0 Å². The summed E-state index contributed by atoms with van der Waals surface area (Å²) < 4.78 is 11.1. The zero-order valence-corrected chi connectivity index (χ0v) is 13.4. The molecule has 1 aromatic rings. The van der Waals surface area contributed by atoms with E-state index in [2.05, 4.69) is 5.32 Å². The first-order chi connectivity index (χ1) is 10.6. The fraction of sp³-hybridized carbons (Fsp3) is 0.588. The van der Waals surface area contributed by atoms with Crippen molar-refractivity contribution < 1.29 is 14.3 Å². The number of hydrogen-bond donors (Lipinski definition) is 2. The minimum absolute atomic E-state index is 0.103. The van der Waals surface area contributed by atoms with Crippen LogP contribution in [0.25, 0.3) is 0 Å². The molecule has 2 rings (SSSR count). The number of nitrogens with two attached hydrogens (primary N) is 1. The minimum atomic E-state index is -0.463. The van der Waals surface area contributed by atoms with Crippen LogP contribution in [0.1, 0.15) is 25.3 Å². The molecule has 1 amide bonds. The lowest BCUT2D eigenvalue weighted by atomic mass is 9.92. The van der Waals surface area contributed by atoms with Crippen LogP contribution in [0.4, 0.5) is 0 Å². The Balaban J connectivity index is 1.73. The van der Waals surface area contributed by atoms with E-state index in [-0.39, 0.29) is 17.9 Å². The predicted octanol–water partition coefficient (Wildman–Crippen LogP) is 1.63. The van der Waals surface area contributed by atoms with Crippen molar-refractivity contribution in [3.05, 3.63) is 29.8 Å². The molecule has 2 atom stereocenters. The van der Waals surface area contributed by atoms with E-state index in [1.54, 1.807) is 0 Å². The summed E-state index contributed by atoms with van der Waals surface area (Å²) in [5, 5.41) is 2.88. The molecule has 5 nitrogen and oxygen atoms in total. The molecule has 5 heteroatoms. The zero-order chi connectivity index (χ0) is 15.9. The first kappa shape index (κ1) is 16.8. The van der Waals surface area contributed by atoms with E-state index in [1.165, 1.54) is 5.56 Å². The Morgan fingerprint density at radius 3 is 2.64 bits per heavy atom. The molecule has 0 spiro atoms. The molecule has 0 saturated carbocycles. The number of carbonyl (C=O) groups is 1. The minimum Gasteiger partial charge on any atom is -0.489 e. The molecule has 2 unspecified atom stereocenters. The molecule has 0 bridgehead atoms. The van der Waals surface area contributed by atoms with Gasteiger partial charge in [0, 0.05) is 13.2 Å². The van der Waals surface area contributed by atoms with Crippen LogP contribution in [-0.2, 0) is 9.53 Å². The van der Waals surface area contributed by atoms with Gasteiger partial charge in [0.25, 0.3) is 0 Å². The fourth-order valence-corrected chi connectivity index (χ4v) is 2.54. The van der Waals surface area contributed by atoms with Gasteiger partial charge in [-0.1, -0.05) is 17.7 Å². The van der Waals surface area contributed by atoms with Crippen molar-refractivity contribution in [2.45, 2.75) is 38.8 Å². The van der Waals surface area contributed by atoms with Crippen LogP contribution in [0.15, 0.2) is 24.3 Å². The Labute approximate surface area is 132 Å². The van der Waals surface area contributed by atoms with Gasteiger partial charge in [0.05, 0.1) is 12.6 Å². The molecule has 1 saturated heterocycles. The van der Waals surface area contributed by atoms with Crippen LogP contribution in [0.2, 0.25) is 0 Å². The Morgan fingerprint density at radius 1 is 1.36 bits per heavy atom. The highest BCUT2D eigenvalue weighted by Crippen LogP contribution is 2.17. The van der Waals surface area contributed by atoms with E-state index < -0.39 is 6.04 Å². The molecule has 1 aliphatic heterocycles. The van der Waals surface area contributed by atoms with E-state index in [9.17, 15) is 4.79 Å². The quantitative estimate of drug-likeness (QED) is 0.838. The summed E-state index contributed by atoms with van der Waals surface area (Å²) in [6.45, 7) is 5.80. The van der Waals surface area contributed by atoms with E-state index in [0.717, 1.165) is 18.6 Å². The summed E-state index contributed by atoms with van der Waals surface area (Å²) in [7, 11) is 0. The molecule has 0 aliphatic carbocycles. The van der Waals surface area contributed by atoms with Crippen molar-refractivity contribution in [1.82, 2.24) is 5.32 Å². The van der Waals surface area contributed by atoms with E-state index in [1.807, 2.05) is 38.1 Å². The first-order valence-corrected chi connectivity index (χ1v) is 7.90. The lowest BCUT2D eigenvalue weighted by molar-refractivity contribution is -0.124. The highest BCUT2D eigenvalue weighted by atomic mass is 16.5. The highest BCUT2D eigenvalue weighted by molar-refractivity contribution is 5.81. The van der Waals surface area contributed by atoms with E-state index >= 15 is 0 Å². The Hall–Kier alpha value is -1.59. The van der Waals surface area contributed by atoms with Crippen molar-refractivity contribution in [2.75, 3.05) is 19.8 Å². The summed E-state index contributed by atoms with van der Waals surface area (Å²) in [6, 6.07) is 7.40. The number of ether oxygens (including phenoxy) is 2. The Kier molecular flexibility index (Phi) is 6.21. The largest absolute Gasteiger partial charge is 0.489 e. The number of rotatable bonds is 6. The van der Waals surface area contributed by atoms with Gasteiger partial charge in [0.1, 0.15) is 11.9 Å². The third kappa shape index (κ3) is 5.00. The third-order valence-corrected chi connectivity index (χ3v) is 4.00. The maximum atomic E-state index is 12.1. The summed E-state index contributed by atoms with van der Waals surface area (Å²) in [5.74, 6) is 0.911. The molecule has 1 aromatic carbocycles. The molecule has 122 valence electrons. The topological polar surface area (TPSA) is 73.6 Å². The van der Waals surface area contributed by atoms with Crippen LogP contribution in [0.3, 0.4) is 0 Å². The van der Waals surface area contributed by atoms with Crippen molar-refractivity contribution in [3.63, 3.8) is 0 Å². The van der Waals surface area contributed by atoms with Gasteiger partial charge in [-0.05, 0) is 44.7 Å². The van der Waals surface area contributed by atoms with Crippen LogP contribution < -0.4 is 15.8 Å². The number of nitrogens with one attached hydrogen (secondary N) is 1. The Morgan fingerprint density at radius 2 is 2.00 bits per heavy atom. The summed E-state index contributed by atoms with van der Waals surface area (Å²) in [5.41, 5.74) is 7.23. The normalized spacial score (nSPS) is 18.5. The molecule has 0 radical (unpaired) electrons. The maximum Gasteiger partial charge on any atom is 0.237 e. The molecular weight excluding hydrogens is 280 g/mol. The number of hydrogen-bond acceptors (Lipinski definition) is 4. The van der Waals surface area contributed by atoms with Gasteiger partial charge in [0.15, 0.2) is 0 Å². The van der Waals surface area contributed by atoms with Crippen LogP contribution in [0, 0.1) is 12.8 Å². The SMILES string of the molecule is Cc1ccc(OC(C)CNC(=O)C(N)C2CCOCC2)cc1. The van der Waals surface area contributed by atoms with Gasteiger partial charge in [-0.2, -0.15) is 0 Å². The van der Waals surface area contributed by atoms with Crippen LogP contribution >= 0.6 is 0 Å². The first-order valence-electron chi connectivity index (χ1n) is 7.90. The summed E-state index contributed by atoms with van der Waals surface area (Å²) >= 11 is 0. The van der Waals surface area contributed by atoms with Crippen molar-refractivity contribution in [3.8, 4) is 5.75 Å². The second kappa shape index (κ2) is 8.15. The van der Waals surface area contributed by atoms with Gasteiger partial charge in [-0.15, -0.1) is 0 Å². The molecule has 3 N–H and O–H groups in total. The van der Waals surface area contributed by atoms with Crippen molar-refractivity contribution in [2.24, 2.45) is 11.7 Å². The number of benzene rings is 1. The summed E-state index contributed by atoms with van der Waals surface area (Å²) in [6.07, 6.45) is 1.60. The molecule has 0 aromatic heterocycles. The second-order valence-corrected chi connectivity index (χ2v) is 5.96. The predicted molar refractivity (Wildman–Crippen MR) is 85.8 cm³/mol. The van der Waals surface area contributed by atoms with E-state index in [0.29, 0.717) is 19.8 Å².